The van der Waals surface area contributed by atoms with Gasteiger partial charge in [-0.2, -0.15) is 10.4 Å². The second kappa shape index (κ2) is 6.61. The molecule has 1 N–H and O–H groups in total. The number of nitriles is 1. The number of hydrogen-bond donors (Lipinski definition) is 1. The molecule has 1 amide bonds. The van der Waals surface area contributed by atoms with Crippen LogP contribution in [0.4, 0.5) is 0 Å². The lowest BCUT2D eigenvalue weighted by molar-refractivity contribution is 0.0782. The summed E-state index contributed by atoms with van der Waals surface area (Å²) in [5.41, 5.74) is 4.24. The number of aromatic amines is 1. The molecule has 0 aliphatic heterocycles. The number of H-pyrrole nitrogens is 1. The lowest BCUT2D eigenvalue weighted by Gasteiger charge is -2.16. The fraction of sp³-hybridized carbons (Fsp3) is 0.412. The molecular weight excluding hydrogens is 290 g/mol. The molecule has 0 aromatic carbocycles. The van der Waals surface area contributed by atoms with E-state index in [1.54, 1.807) is 24.1 Å². The first-order chi connectivity index (χ1) is 11.2. The molecule has 6 heteroatoms. The van der Waals surface area contributed by atoms with E-state index in [0.717, 1.165) is 18.5 Å². The van der Waals surface area contributed by atoms with Crippen LogP contribution >= 0.6 is 0 Å². The summed E-state index contributed by atoms with van der Waals surface area (Å²) in [6.07, 6.45) is 7.13. The molecule has 0 saturated heterocycles. The summed E-state index contributed by atoms with van der Waals surface area (Å²) < 4.78 is 0. The molecule has 0 radical (unpaired) electrons. The van der Waals surface area contributed by atoms with Gasteiger partial charge in [0.1, 0.15) is 11.8 Å². The van der Waals surface area contributed by atoms with Gasteiger partial charge in [0.05, 0.1) is 17.8 Å². The number of carbonyl (C=O) groups excluding carboxylic acids is 1. The summed E-state index contributed by atoms with van der Waals surface area (Å²) >= 11 is 0. The summed E-state index contributed by atoms with van der Waals surface area (Å²) in [5.74, 6) is -0.118. The van der Waals surface area contributed by atoms with Crippen molar-refractivity contribution in [2.45, 2.75) is 38.6 Å². The molecular formula is C17H19N5O. The van der Waals surface area contributed by atoms with Crippen LogP contribution in [0.25, 0.3) is 0 Å². The zero-order valence-electron chi connectivity index (χ0n) is 13.2. The van der Waals surface area contributed by atoms with Crippen molar-refractivity contribution in [1.82, 2.24) is 20.1 Å². The van der Waals surface area contributed by atoms with E-state index in [9.17, 15) is 4.79 Å². The van der Waals surface area contributed by atoms with E-state index >= 15 is 0 Å². The van der Waals surface area contributed by atoms with Crippen molar-refractivity contribution in [1.29, 1.82) is 5.26 Å². The fourth-order valence-corrected chi connectivity index (χ4v) is 2.96. The van der Waals surface area contributed by atoms with Crippen LogP contribution in [0, 0.1) is 11.3 Å². The van der Waals surface area contributed by atoms with Gasteiger partial charge < -0.3 is 4.90 Å². The quantitative estimate of drug-likeness (QED) is 0.881. The van der Waals surface area contributed by atoms with E-state index in [1.165, 1.54) is 36.7 Å². The Morgan fingerprint density at radius 2 is 2.17 bits per heavy atom. The number of nitrogens with zero attached hydrogens (tertiary/aromatic N) is 4. The first kappa shape index (κ1) is 15.2. The molecule has 0 saturated carbocycles. The average molecular weight is 309 g/mol. The summed E-state index contributed by atoms with van der Waals surface area (Å²) in [4.78, 5) is 18.1. The Morgan fingerprint density at radius 1 is 1.35 bits per heavy atom. The van der Waals surface area contributed by atoms with Gasteiger partial charge in [-0.05, 0) is 43.4 Å². The van der Waals surface area contributed by atoms with Crippen LogP contribution < -0.4 is 0 Å². The predicted octanol–water partition coefficient (Wildman–Crippen LogP) is 2.22. The predicted molar refractivity (Wildman–Crippen MR) is 84.6 cm³/mol. The molecule has 1 aliphatic carbocycles. The number of hydrogen-bond acceptors (Lipinski definition) is 4. The maximum atomic E-state index is 12.5. The third-order valence-electron chi connectivity index (χ3n) is 4.25. The highest BCUT2D eigenvalue weighted by atomic mass is 16.2. The molecule has 118 valence electrons. The van der Waals surface area contributed by atoms with Crippen LogP contribution in [0.2, 0.25) is 0 Å². The van der Waals surface area contributed by atoms with Gasteiger partial charge >= 0.3 is 0 Å². The summed E-state index contributed by atoms with van der Waals surface area (Å²) in [6, 6.07) is 5.14. The lowest BCUT2D eigenvalue weighted by Crippen LogP contribution is -2.27. The summed E-state index contributed by atoms with van der Waals surface area (Å²) in [6.45, 7) is 0.477. The first-order valence-corrected chi connectivity index (χ1v) is 7.85. The normalized spacial score (nSPS) is 13.7. The maximum absolute atomic E-state index is 12.5. The minimum Gasteiger partial charge on any atom is -0.336 e. The fourth-order valence-electron chi connectivity index (χ4n) is 2.96. The number of amides is 1. The number of nitrogens with one attached hydrogen (secondary N) is 1. The highest BCUT2D eigenvalue weighted by Crippen LogP contribution is 2.22. The van der Waals surface area contributed by atoms with Gasteiger partial charge in [0.2, 0.25) is 0 Å². The molecule has 0 atom stereocenters. The van der Waals surface area contributed by atoms with Crippen molar-refractivity contribution in [2.24, 2.45) is 0 Å². The molecule has 0 fully saturated rings. The Balaban J connectivity index is 1.73. The smallest absolute Gasteiger partial charge is 0.255 e. The van der Waals surface area contributed by atoms with Gasteiger partial charge in [0, 0.05) is 18.9 Å². The van der Waals surface area contributed by atoms with E-state index in [0.29, 0.717) is 17.8 Å². The summed E-state index contributed by atoms with van der Waals surface area (Å²) in [7, 11) is 1.76. The highest BCUT2D eigenvalue weighted by molar-refractivity contribution is 5.93. The number of rotatable bonds is 3. The molecule has 6 nitrogen and oxygen atoms in total. The van der Waals surface area contributed by atoms with Crippen LogP contribution in [0.15, 0.2) is 18.3 Å². The van der Waals surface area contributed by atoms with Crippen LogP contribution in [0.3, 0.4) is 0 Å². The van der Waals surface area contributed by atoms with E-state index in [1.807, 2.05) is 6.07 Å². The second-order valence-electron chi connectivity index (χ2n) is 5.89. The minimum absolute atomic E-state index is 0.118. The van der Waals surface area contributed by atoms with Gasteiger partial charge in [0.25, 0.3) is 5.91 Å². The van der Waals surface area contributed by atoms with Crippen molar-refractivity contribution >= 4 is 5.91 Å². The van der Waals surface area contributed by atoms with Gasteiger partial charge in [-0.25, -0.2) is 4.98 Å². The van der Waals surface area contributed by atoms with Gasteiger partial charge in [-0.1, -0.05) is 6.42 Å². The van der Waals surface area contributed by atoms with Crippen LogP contribution in [-0.4, -0.2) is 33.0 Å². The standard InChI is InChI=1S/C17H19N5O/c1-22(17(23)12-7-8-13(9-18)19-10-12)11-16-14-5-3-2-4-6-15(14)20-21-16/h7-8,10H,2-6,11H2,1H3,(H,20,21). The zero-order chi connectivity index (χ0) is 16.2. The van der Waals surface area contributed by atoms with E-state index in [4.69, 9.17) is 5.26 Å². The molecule has 2 aromatic heterocycles. The van der Waals surface area contributed by atoms with Crippen LogP contribution in [0.5, 0.6) is 0 Å². The summed E-state index contributed by atoms with van der Waals surface area (Å²) in [5, 5.41) is 16.3. The van der Waals surface area contributed by atoms with Gasteiger partial charge in [0.15, 0.2) is 0 Å². The molecule has 0 bridgehead atoms. The monoisotopic (exact) mass is 309 g/mol. The molecule has 3 rings (SSSR count). The SMILES string of the molecule is CN(Cc1n[nH]c2c1CCCCC2)C(=O)c1ccc(C#N)nc1. The van der Waals surface area contributed by atoms with Gasteiger partial charge in [-0.15, -0.1) is 0 Å². The Bertz CT molecular complexity index is 741. The average Bonchev–Trinajstić information content (AvgIpc) is 2.81. The van der Waals surface area contributed by atoms with Crippen molar-refractivity contribution in [3.8, 4) is 6.07 Å². The third-order valence-corrected chi connectivity index (χ3v) is 4.25. The Labute approximate surface area is 135 Å². The van der Waals surface area contributed by atoms with Gasteiger partial charge in [-0.3, -0.25) is 9.89 Å². The topological polar surface area (TPSA) is 85.7 Å². The largest absolute Gasteiger partial charge is 0.336 e. The molecule has 2 aromatic rings. The van der Waals surface area contributed by atoms with E-state index in [-0.39, 0.29) is 5.91 Å². The zero-order valence-corrected chi connectivity index (χ0v) is 13.2. The minimum atomic E-state index is -0.118. The Morgan fingerprint density at radius 3 is 2.91 bits per heavy atom. The van der Waals surface area contributed by atoms with Crippen molar-refractivity contribution < 1.29 is 4.79 Å². The number of carbonyl (C=O) groups is 1. The number of aryl methyl sites for hydroxylation is 1. The van der Waals surface area contributed by atoms with Crippen LogP contribution in [0.1, 0.15) is 52.3 Å². The van der Waals surface area contributed by atoms with Crippen LogP contribution in [-0.2, 0) is 19.4 Å². The number of pyridine rings is 1. The number of aromatic nitrogens is 3. The molecule has 1 aliphatic rings. The Kier molecular flexibility index (Phi) is 4.38. The molecule has 2 heterocycles. The lowest BCUT2D eigenvalue weighted by atomic mass is 10.1. The third kappa shape index (κ3) is 3.24. The molecule has 23 heavy (non-hydrogen) atoms. The number of fused-ring (bicyclic) bond motifs is 1. The Hall–Kier alpha value is -2.68. The van der Waals surface area contributed by atoms with Crippen molar-refractivity contribution in [2.75, 3.05) is 7.05 Å². The highest BCUT2D eigenvalue weighted by Gasteiger charge is 2.19. The van der Waals surface area contributed by atoms with E-state index in [2.05, 4.69) is 15.2 Å². The first-order valence-electron chi connectivity index (χ1n) is 7.85. The van der Waals surface area contributed by atoms with Crippen molar-refractivity contribution in [3.05, 3.63) is 46.5 Å². The second-order valence-corrected chi connectivity index (χ2v) is 5.89. The molecule has 0 spiro atoms. The van der Waals surface area contributed by atoms with E-state index < -0.39 is 0 Å². The van der Waals surface area contributed by atoms with Crippen molar-refractivity contribution in [3.63, 3.8) is 0 Å². The molecule has 0 unspecified atom stereocenters. The maximum Gasteiger partial charge on any atom is 0.255 e.